The van der Waals surface area contributed by atoms with Crippen LogP contribution in [0.15, 0.2) is 35.3 Å². The molecule has 0 saturated heterocycles. The fourth-order valence-corrected chi connectivity index (χ4v) is 1.66. The van der Waals surface area contributed by atoms with E-state index in [1.54, 1.807) is 0 Å². The molecule has 0 aliphatic carbocycles. The Morgan fingerprint density at radius 1 is 1.44 bits per heavy atom. The van der Waals surface area contributed by atoms with Gasteiger partial charge in [0.05, 0.1) is 0 Å². The summed E-state index contributed by atoms with van der Waals surface area (Å²) in [7, 11) is 0. The second-order valence-corrected chi connectivity index (χ2v) is 3.70. The highest BCUT2D eigenvalue weighted by Gasteiger charge is 2.13. The van der Waals surface area contributed by atoms with Gasteiger partial charge in [-0.3, -0.25) is 9.79 Å². The Kier molecular flexibility index (Phi) is 5.26. The average Bonchev–Trinajstić information content (AvgIpc) is 2.34. The minimum Gasteiger partial charge on any atom is -0.337 e. The first kappa shape index (κ1) is 12.4. The third-order valence-corrected chi connectivity index (χ3v) is 2.58. The topological polar surface area (TPSA) is 41.5 Å². The van der Waals surface area contributed by atoms with E-state index in [4.69, 9.17) is 0 Å². The number of carbonyl (C=O) groups excluding carboxylic acids is 1. The first-order valence-corrected chi connectivity index (χ1v) is 5.52. The predicted molar refractivity (Wildman–Crippen MR) is 66.6 cm³/mol. The summed E-state index contributed by atoms with van der Waals surface area (Å²) in [5.74, 6) is 0.314. The van der Waals surface area contributed by atoms with Crippen LogP contribution in [0.3, 0.4) is 0 Å². The molecule has 1 N–H and O–H groups in total. The summed E-state index contributed by atoms with van der Waals surface area (Å²) in [5, 5.41) is 2.70. The second-order valence-electron chi connectivity index (χ2n) is 3.70. The van der Waals surface area contributed by atoms with Crippen molar-refractivity contribution in [2.45, 2.75) is 25.7 Å². The Hall–Kier alpha value is -1.64. The number of nitrogens with one attached hydrogen (secondary N) is 1. The van der Waals surface area contributed by atoms with Crippen LogP contribution < -0.4 is 5.32 Å². The summed E-state index contributed by atoms with van der Waals surface area (Å²) in [5.41, 5.74) is 1.21. The van der Waals surface area contributed by atoms with E-state index in [9.17, 15) is 4.79 Å². The predicted octanol–water partition coefficient (Wildman–Crippen LogP) is 2.34. The second kappa shape index (κ2) is 6.77. The van der Waals surface area contributed by atoms with Crippen molar-refractivity contribution in [1.29, 1.82) is 0 Å². The maximum absolute atomic E-state index is 11.5. The van der Waals surface area contributed by atoms with Crippen LogP contribution in [0.4, 0.5) is 0 Å². The lowest BCUT2D eigenvalue weighted by Crippen LogP contribution is -2.24. The highest BCUT2D eigenvalue weighted by atomic mass is 16.1. The van der Waals surface area contributed by atoms with Crippen LogP contribution >= 0.6 is 0 Å². The van der Waals surface area contributed by atoms with Gasteiger partial charge in [0, 0.05) is 6.42 Å². The molecule has 0 saturated carbocycles. The zero-order valence-electron chi connectivity index (χ0n) is 9.65. The van der Waals surface area contributed by atoms with Crippen molar-refractivity contribution < 1.29 is 4.79 Å². The third-order valence-electron chi connectivity index (χ3n) is 2.58. The number of benzene rings is 1. The summed E-state index contributed by atoms with van der Waals surface area (Å²) in [6.45, 7) is 5.72. The van der Waals surface area contributed by atoms with Crippen molar-refractivity contribution in [3.05, 3.63) is 35.9 Å². The number of aliphatic imine (C=N–C) groups is 1. The van der Waals surface area contributed by atoms with Crippen LogP contribution in [0.1, 0.15) is 31.2 Å². The molecule has 0 aliphatic rings. The lowest BCUT2D eigenvalue weighted by molar-refractivity contribution is -0.121. The Morgan fingerprint density at radius 3 is 2.69 bits per heavy atom. The molecule has 1 aromatic carbocycles. The van der Waals surface area contributed by atoms with E-state index in [0.717, 1.165) is 6.42 Å². The van der Waals surface area contributed by atoms with Crippen molar-refractivity contribution >= 4 is 12.6 Å². The molecule has 0 radical (unpaired) electrons. The standard InChI is InChI=1S/C13H18N2O/c1-3-11(9-13(16)15-10-14-2)12-7-5-4-6-8-12/h4-8,11H,2-3,9-10H2,1H3,(H,15,16). The highest BCUT2D eigenvalue weighted by molar-refractivity contribution is 5.76. The van der Waals surface area contributed by atoms with Gasteiger partial charge in [0.1, 0.15) is 6.67 Å². The minimum absolute atomic E-state index is 0.0307. The van der Waals surface area contributed by atoms with Gasteiger partial charge >= 0.3 is 0 Å². The van der Waals surface area contributed by atoms with Gasteiger partial charge in [-0.05, 0) is 24.6 Å². The minimum atomic E-state index is 0.0307. The van der Waals surface area contributed by atoms with Crippen LogP contribution in [0.5, 0.6) is 0 Å². The number of nitrogens with zero attached hydrogens (tertiary/aromatic N) is 1. The summed E-state index contributed by atoms with van der Waals surface area (Å²) in [6, 6.07) is 10.1. The SMILES string of the molecule is C=NCNC(=O)CC(CC)c1ccccc1. The molecule has 1 atom stereocenters. The van der Waals surface area contributed by atoms with Crippen molar-refractivity contribution in [2.75, 3.05) is 6.67 Å². The van der Waals surface area contributed by atoms with Gasteiger partial charge in [0.25, 0.3) is 0 Å². The molecule has 16 heavy (non-hydrogen) atoms. The zero-order chi connectivity index (χ0) is 11.8. The fourth-order valence-electron chi connectivity index (χ4n) is 1.66. The maximum atomic E-state index is 11.5. The smallest absolute Gasteiger partial charge is 0.222 e. The quantitative estimate of drug-likeness (QED) is 0.732. The molecule has 1 aromatic rings. The molecule has 3 nitrogen and oxygen atoms in total. The lowest BCUT2D eigenvalue weighted by atomic mass is 9.93. The Bertz CT molecular complexity index is 335. The van der Waals surface area contributed by atoms with Gasteiger partial charge in [0.2, 0.25) is 5.91 Å². The maximum Gasteiger partial charge on any atom is 0.222 e. The van der Waals surface area contributed by atoms with Gasteiger partial charge in [-0.15, -0.1) is 0 Å². The van der Waals surface area contributed by atoms with Gasteiger partial charge in [-0.2, -0.15) is 0 Å². The normalized spacial score (nSPS) is 11.8. The lowest BCUT2D eigenvalue weighted by Gasteiger charge is -2.14. The number of hydrogen-bond donors (Lipinski definition) is 1. The molecule has 0 heterocycles. The van der Waals surface area contributed by atoms with E-state index < -0.39 is 0 Å². The summed E-state index contributed by atoms with van der Waals surface area (Å²) >= 11 is 0. The molecule has 0 aliphatic heterocycles. The molecule has 86 valence electrons. The van der Waals surface area contributed by atoms with Crippen molar-refractivity contribution in [3.63, 3.8) is 0 Å². The van der Waals surface area contributed by atoms with Crippen molar-refractivity contribution in [3.8, 4) is 0 Å². The van der Waals surface area contributed by atoms with E-state index in [-0.39, 0.29) is 11.8 Å². The molecule has 3 heteroatoms. The third kappa shape index (κ3) is 3.85. The van der Waals surface area contributed by atoms with E-state index in [1.165, 1.54) is 5.56 Å². The largest absolute Gasteiger partial charge is 0.337 e. The number of carbonyl (C=O) groups is 1. The van der Waals surface area contributed by atoms with Crippen molar-refractivity contribution in [2.24, 2.45) is 4.99 Å². The molecular formula is C13H18N2O. The molecule has 1 rings (SSSR count). The van der Waals surface area contributed by atoms with E-state index in [1.807, 2.05) is 18.2 Å². The van der Waals surface area contributed by atoms with Gasteiger partial charge in [0.15, 0.2) is 0 Å². The van der Waals surface area contributed by atoms with E-state index in [0.29, 0.717) is 13.1 Å². The van der Waals surface area contributed by atoms with E-state index in [2.05, 4.69) is 36.1 Å². The molecule has 1 amide bonds. The Labute approximate surface area is 96.6 Å². The summed E-state index contributed by atoms with van der Waals surface area (Å²) in [6.07, 6.45) is 1.47. The van der Waals surface area contributed by atoms with Gasteiger partial charge in [-0.1, -0.05) is 37.3 Å². The Balaban J connectivity index is 2.55. The number of amides is 1. The molecule has 0 aromatic heterocycles. The van der Waals surface area contributed by atoms with Gasteiger partial charge < -0.3 is 5.32 Å². The van der Waals surface area contributed by atoms with Gasteiger partial charge in [-0.25, -0.2) is 0 Å². The van der Waals surface area contributed by atoms with Crippen LogP contribution in [0, 0.1) is 0 Å². The monoisotopic (exact) mass is 218 g/mol. The first-order valence-electron chi connectivity index (χ1n) is 5.52. The summed E-state index contributed by atoms with van der Waals surface area (Å²) in [4.78, 5) is 15.1. The molecule has 0 spiro atoms. The molecular weight excluding hydrogens is 200 g/mol. The zero-order valence-corrected chi connectivity index (χ0v) is 9.65. The van der Waals surface area contributed by atoms with Crippen LogP contribution in [-0.4, -0.2) is 19.3 Å². The molecule has 1 unspecified atom stereocenters. The Morgan fingerprint density at radius 2 is 2.12 bits per heavy atom. The van der Waals surface area contributed by atoms with E-state index >= 15 is 0 Å². The molecule has 0 fully saturated rings. The number of rotatable bonds is 6. The van der Waals surface area contributed by atoms with Crippen LogP contribution in [0.25, 0.3) is 0 Å². The van der Waals surface area contributed by atoms with Crippen LogP contribution in [-0.2, 0) is 4.79 Å². The van der Waals surface area contributed by atoms with Crippen LogP contribution in [0.2, 0.25) is 0 Å². The average molecular weight is 218 g/mol. The molecule has 0 bridgehead atoms. The number of hydrogen-bond acceptors (Lipinski definition) is 2. The first-order chi connectivity index (χ1) is 7.77. The highest BCUT2D eigenvalue weighted by Crippen LogP contribution is 2.22. The van der Waals surface area contributed by atoms with Crippen molar-refractivity contribution in [1.82, 2.24) is 5.32 Å². The summed E-state index contributed by atoms with van der Waals surface area (Å²) < 4.78 is 0. The fraction of sp³-hybridized carbons (Fsp3) is 0.385.